The van der Waals surface area contributed by atoms with Gasteiger partial charge in [-0.1, -0.05) is 35.9 Å². The monoisotopic (exact) mass is 316 g/mol. The number of halogens is 5. The molecule has 0 aliphatic rings. The molecule has 0 fully saturated rings. The quantitative estimate of drug-likeness (QED) is 0.580. The van der Waals surface area contributed by atoms with Crippen LogP contribution in [0.3, 0.4) is 0 Å². The lowest BCUT2D eigenvalue weighted by atomic mass is 10.0. The Kier molecular flexibility index (Phi) is 4.32. The minimum absolute atomic E-state index is 0.0471. The van der Waals surface area contributed by atoms with Crippen molar-refractivity contribution in [1.29, 1.82) is 0 Å². The fourth-order valence-electron chi connectivity index (χ4n) is 1.86. The molecule has 0 atom stereocenters. The van der Waals surface area contributed by atoms with Crippen molar-refractivity contribution in [3.8, 4) is 0 Å². The zero-order valence-corrected chi connectivity index (χ0v) is 11.3. The van der Waals surface area contributed by atoms with Crippen molar-refractivity contribution in [2.45, 2.75) is 12.6 Å². The fraction of sp³-hybridized carbons (Fsp3) is 0.133. The maximum Gasteiger partial charge on any atom is 0.416 e. The third kappa shape index (κ3) is 3.61. The molecule has 0 unspecified atom stereocenters. The Hall–Kier alpha value is -1.88. The van der Waals surface area contributed by atoms with Crippen LogP contribution in [-0.4, -0.2) is 5.78 Å². The summed E-state index contributed by atoms with van der Waals surface area (Å²) in [4.78, 5) is 12.0. The van der Waals surface area contributed by atoms with Gasteiger partial charge in [0.25, 0.3) is 0 Å². The lowest BCUT2D eigenvalue weighted by Gasteiger charge is -2.09. The van der Waals surface area contributed by atoms with E-state index in [0.29, 0.717) is 0 Å². The van der Waals surface area contributed by atoms with Gasteiger partial charge < -0.3 is 0 Å². The molecule has 0 heterocycles. The molecule has 0 bridgehead atoms. The van der Waals surface area contributed by atoms with E-state index in [0.717, 1.165) is 18.2 Å². The number of hydrogen-bond donors (Lipinski definition) is 0. The van der Waals surface area contributed by atoms with E-state index in [1.165, 1.54) is 24.3 Å². The largest absolute Gasteiger partial charge is 0.416 e. The Bertz CT molecular complexity index is 680. The maximum atomic E-state index is 13.3. The molecule has 0 aliphatic heterocycles. The first kappa shape index (κ1) is 15.5. The minimum Gasteiger partial charge on any atom is -0.294 e. The van der Waals surface area contributed by atoms with Crippen molar-refractivity contribution in [1.82, 2.24) is 0 Å². The Morgan fingerprint density at radius 1 is 1.10 bits per heavy atom. The molecule has 0 spiro atoms. The van der Waals surface area contributed by atoms with Crippen LogP contribution in [0.4, 0.5) is 17.6 Å². The highest BCUT2D eigenvalue weighted by atomic mass is 35.5. The van der Waals surface area contributed by atoms with E-state index in [2.05, 4.69) is 0 Å². The number of hydrogen-bond acceptors (Lipinski definition) is 1. The first-order valence-corrected chi connectivity index (χ1v) is 6.30. The number of rotatable bonds is 3. The van der Waals surface area contributed by atoms with Crippen molar-refractivity contribution in [3.05, 3.63) is 70.0 Å². The Labute approximate surface area is 123 Å². The molecule has 0 aliphatic carbocycles. The standard InChI is InChI=1S/C15H9ClF4O/c16-14-11(5-2-6-12(14)17)13(21)8-9-3-1-4-10(7-9)15(18,19)20/h1-7H,8H2. The van der Waals surface area contributed by atoms with Crippen LogP contribution in [0.25, 0.3) is 0 Å². The number of carbonyl (C=O) groups is 1. The molecule has 0 saturated heterocycles. The number of benzene rings is 2. The van der Waals surface area contributed by atoms with Crippen molar-refractivity contribution in [2.75, 3.05) is 0 Å². The van der Waals surface area contributed by atoms with Crippen molar-refractivity contribution >= 4 is 17.4 Å². The van der Waals surface area contributed by atoms with Crippen molar-refractivity contribution in [3.63, 3.8) is 0 Å². The first-order valence-electron chi connectivity index (χ1n) is 5.92. The van der Waals surface area contributed by atoms with Gasteiger partial charge in [0, 0.05) is 12.0 Å². The van der Waals surface area contributed by atoms with Gasteiger partial charge in [-0.2, -0.15) is 13.2 Å². The third-order valence-electron chi connectivity index (χ3n) is 2.87. The van der Waals surface area contributed by atoms with Crippen LogP contribution >= 0.6 is 11.6 Å². The van der Waals surface area contributed by atoms with Gasteiger partial charge in [0.05, 0.1) is 10.6 Å². The lowest BCUT2D eigenvalue weighted by Crippen LogP contribution is -2.08. The van der Waals surface area contributed by atoms with E-state index in [4.69, 9.17) is 11.6 Å². The molecule has 0 radical (unpaired) electrons. The van der Waals surface area contributed by atoms with Gasteiger partial charge in [-0.05, 0) is 23.8 Å². The summed E-state index contributed by atoms with van der Waals surface area (Å²) < 4.78 is 51.0. The molecule has 0 N–H and O–H groups in total. The van der Waals surface area contributed by atoms with E-state index in [1.54, 1.807) is 0 Å². The smallest absolute Gasteiger partial charge is 0.294 e. The van der Waals surface area contributed by atoms with Crippen molar-refractivity contribution < 1.29 is 22.4 Å². The van der Waals surface area contributed by atoms with E-state index in [9.17, 15) is 22.4 Å². The highest BCUT2D eigenvalue weighted by Gasteiger charge is 2.30. The van der Waals surface area contributed by atoms with E-state index in [-0.39, 0.29) is 22.6 Å². The number of Topliss-reactive ketones (excluding diaryl/α,β-unsaturated/α-hetero) is 1. The molecule has 110 valence electrons. The van der Waals surface area contributed by atoms with Crippen molar-refractivity contribution in [2.24, 2.45) is 0 Å². The summed E-state index contributed by atoms with van der Waals surface area (Å²) in [5, 5.41) is -0.325. The predicted molar refractivity (Wildman–Crippen MR) is 70.9 cm³/mol. The summed E-state index contributed by atoms with van der Waals surface area (Å²) in [6.45, 7) is 0. The van der Waals surface area contributed by atoms with Crippen LogP contribution in [0.15, 0.2) is 42.5 Å². The van der Waals surface area contributed by atoms with Gasteiger partial charge in [-0.3, -0.25) is 4.79 Å². The van der Waals surface area contributed by atoms with Crippen LogP contribution in [0, 0.1) is 5.82 Å². The second-order valence-corrected chi connectivity index (χ2v) is 4.78. The van der Waals surface area contributed by atoms with Gasteiger partial charge >= 0.3 is 6.18 Å². The summed E-state index contributed by atoms with van der Waals surface area (Å²) in [5.74, 6) is -1.29. The second kappa shape index (κ2) is 5.85. The number of alkyl halides is 3. The normalized spacial score (nSPS) is 11.5. The van der Waals surface area contributed by atoms with Gasteiger partial charge in [0.2, 0.25) is 0 Å². The van der Waals surface area contributed by atoms with E-state index >= 15 is 0 Å². The van der Waals surface area contributed by atoms with Gasteiger partial charge in [-0.15, -0.1) is 0 Å². The fourth-order valence-corrected chi connectivity index (χ4v) is 2.09. The predicted octanol–water partition coefficient (Wildman–Crippen LogP) is 4.92. The molecule has 2 aromatic rings. The molecule has 0 amide bonds. The highest BCUT2D eigenvalue weighted by molar-refractivity contribution is 6.34. The Morgan fingerprint density at radius 2 is 1.76 bits per heavy atom. The molecule has 21 heavy (non-hydrogen) atoms. The van der Waals surface area contributed by atoms with Gasteiger partial charge in [0.15, 0.2) is 5.78 Å². The summed E-state index contributed by atoms with van der Waals surface area (Å²) in [7, 11) is 0. The molecule has 6 heteroatoms. The number of carbonyl (C=O) groups excluding carboxylic acids is 1. The van der Waals surface area contributed by atoms with Crippen LogP contribution in [0.5, 0.6) is 0 Å². The summed E-state index contributed by atoms with van der Waals surface area (Å²) >= 11 is 5.68. The van der Waals surface area contributed by atoms with Gasteiger partial charge in [-0.25, -0.2) is 4.39 Å². The maximum absolute atomic E-state index is 13.3. The topological polar surface area (TPSA) is 17.1 Å². The highest BCUT2D eigenvalue weighted by Crippen LogP contribution is 2.30. The molecule has 2 rings (SSSR count). The first-order chi connectivity index (χ1) is 9.79. The Balaban J connectivity index is 2.26. The SMILES string of the molecule is O=C(Cc1cccc(C(F)(F)F)c1)c1cccc(F)c1Cl. The summed E-state index contributed by atoms with van der Waals surface area (Å²) in [6, 6.07) is 8.19. The third-order valence-corrected chi connectivity index (χ3v) is 3.26. The van der Waals surface area contributed by atoms with Gasteiger partial charge in [0.1, 0.15) is 5.82 Å². The Morgan fingerprint density at radius 3 is 2.43 bits per heavy atom. The van der Waals surface area contributed by atoms with E-state index < -0.39 is 23.3 Å². The molecule has 0 aromatic heterocycles. The molecule has 1 nitrogen and oxygen atoms in total. The lowest BCUT2D eigenvalue weighted by molar-refractivity contribution is -0.137. The molecule has 0 saturated carbocycles. The number of ketones is 1. The zero-order valence-electron chi connectivity index (χ0n) is 10.5. The summed E-state index contributed by atoms with van der Waals surface area (Å²) in [6.07, 6.45) is -4.76. The zero-order chi connectivity index (χ0) is 15.6. The minimum atomic E-state index is -4.48. The molecular weight excluding hydrogens is 308 g/mol. The van der Waals surface area contributed by atoms with Crippen LogP contribution in [-0.2, 0) is 12.6 Å². The second-order valence-electron chi connectivity index (χ2n) is 4.40. The van der Waals surface area contributed by atoms with Crippen LogP contribution < -0.4 is 0 Å². The summed E-state index contributed by atoms with van der Waals surface area (Å²) in [5.41, 5.74) is -0.692. The average molecular weight is 317 g/mol. The van der Waals surface area contributed by atoms with E-state index in [1.807, 2.05) is 0 Å². The average Bonchev–Trinajstić information content (AvgIpc) is 2.41. The van der Waals surface area contributed by atoms with Crippen LogP contribution in [0.1, 0.15) is 21.5 Å². The molecular formula is C15H9ClF4O. The van der Waals surface area contributed by atoms with Crippen LogP contribution in [0.2, 0.25) is 5.02 Å². The molecule has 2 aromatic carbocycles.